The Morgan fingerprint density at radius 3 is 1.38 bits per heavy atom. The van der Waals surface area contributed by atoms with Gasteiger partial charge < -0.3 is 9.47 Å². The molecule has 0 spiro atoms. The summed E-state index contributed by atoms with van der Waals surface area (Å²) in [6.45, 7) is 8.37. The summed E-state index contributed by atoms with van der Waals surface area (Å²) in [6.07, 6.45) is 3.09. The number of esters is 2. The van der Waals surface area contributed by atoms with E-state index >= 15 is 0 Å². The van der Waals surface area contributed by atoms with Crippen LogP contribution in [0.2, 0.25) is 0 Å². The second-order valence-electron chi connectivity index (χ2n) is 9.53. The van der Waals surface area contributed by atoms with E-state index in [2.05, 4.69) is 20.4 Å². The molecule has 0 unspecified atom stereocenters. The first-order chi connectivity index (χ1) is 20.4. The summed E-state index contributed by atoms with van der Waals surface area (Å²) in [7, 11) is 0. The van der Waals surface area contributed by atoms with E-state index in [-0.39, 0.29) is 23.4 Å². The van der Waals surface area contributed by atoms with E-state index in [9.17, 15) is 9.59 Å². The van der Waals surface area contributed by atoms with Gasteiger partial charge in [0.1, 0.15) is 11.6 Å². The van der Waals surface area contributed by atoms with E-state index in [1.807, 2.05) is 71.5 Å². The van der Waals surface area contributed by atoms with E-state index < -0.39 is 0 Å². The number of benzene rings is 2. The summed E-state index contributed by atoms with van der Waals surface area (Å²) in [5, 5.41) is 19.1. The molecule has 4 aromatic rings. The van der Waals surface area contributed by atoms with Crippen molar-refractivity contribution in [1.82, 2.24) is 29.5 Å². The van der Waals surface area contributed by atoms with Crippen LogP contribution in [0.25, 0.3) is 11.4 Å². The Hall–Kier alpha value is -3.64. The van der Waals surface area contributed by atoms with Crippen LogP contribution in [0.5, 0.6) is 0 Å². The zero-order valence-corrected chi connectivity index (χ0v) is 26.0. The van der Waals surface area contributed by atoms with Gasteiger partial charge in [-0.2, -0.15) is 0 Å². The van der Waals surface area contributed by atoms with Crippen molar-refractivity contribution in [3.05, 3.63) is 71.3 Å². The lowest BCUT2D eigenvalue weighted by Gasteiger charge is -2.12. The molecule has 0 aliphatic rings. The summed E-state index contributed by atoms with van der Waals surface area (Å²) < 4.78 is 14.2. The van der Waals surface area contributed by atoms with Crippen LogP contribution >= 0.6 is 23.5 Å². The fourth-order valence-electron chi connectivity index (χ4n) is 4.24. The van der Waals surface area contributed by atoms with Gasteiger partial charge in [-0.05, 0) is 64.8 Å². The first kappa shape index (κ1) is 31.3. The van der Waals surface area contributed by atoms with Gasteiger partial charge in [-0.1, -0.05) is 58.9 Å². The van der Waals surface area contributed by atoms with Crippen LogP contribution in [-0.2, 0) is 31.9 Å². The maximum Gasteiger partial charge on any atom is 0.316 e. The minimum absolute atomic E-state index is 0.170. The number of rotatable bonds is 15. The maximum absolute atomic E-state index is 12.0. The summed E-state index contributed by atoms with van der Waals surface area (Å²) >= 11 is 2.64. The van der Waals surface area contributed by atoms with Crippen molar-refractivity contribution in [2.45, 2.75) is 63.7 Å². The number of carbonyl (C=O) groups excluding carboxylic acids is 2. The van der Waals surface area contributed by atoms with Crippen molar-refractivity contribution in [1.29, 1.82) is 0 Å². The molecular formula is C30H36N6O4S2. The average Bonchev–Trinajstić information content (AvgIpc) is 3.58. The number of hydrogen-bond acceptors (Lipinski definition) is 10. The van der Waals surface area contributed by atoms with Gasteiger partial charge in [0.2, 0.25) is 0 Å². The summed E-state index contributed by atoms with van der Waals surface area (Å²) in [4.78, 5) is 24.0. The monoisotopic (exact) mass is 608 g/mol. The zero-order chi connectivity index (χ0) is 29.9. The van der Waals surface area contributed by atoms with Gasteiger partial charge in [-0.25, -0.2) is 0 Å². The van der Waals surface area contributed by atoms with Crippen LogP contribution in [-0.4, -0.2) is 66.2 Å². The second-order valence-corrected chi connectivity index (χ2v) is 11.4. The minimum atomic E-state index is -0.278. The number of unbranched alkanes of at least 4 members (excludes halogenated alkanes) is 1. The highest BCUT2D eigenvalue weighted by molar-refractivity contribution is 8.00. The van der Waals surface area contributed by atoms with Crippen molar-refractivity contribution in [3.63, 3.8) is 0 Å². The largest absolute Gasteiger partial charge is 0.465 e. The van der Waals surface area contributed by atoms with Gasteiger partial charge in [-0.15, -0.1) is 20.4 Å². The second kappa shape index (κ2) is 15.5. The van der Waals surface area contributed by atoms with Crippen molar-refractivity contribution >= 4 is 35.5 Å². The molecule has 4 rings (SSSR count). The molecule has 0 aliphatic carbocycles. The normalized spacial score (nSPS) is 11.0. The van der Waals surface area contributed by atoms with Crippen molar-refractivity contribution in [3.8, 4) is 11.4 Å². The fourth-order valence-corrected chi connectivity index (χ4v) is 5.77. The molecule has 0 atom stereocenters. The number of thioether (sulfide) groups is 2. The predicted molar refractivity (Wildman–Crippen MR) is 164 cm³/mol. The first-order valence-corrected chi connectivity index (χ1v) is 16.0. The number of aromatic nitrogens is 6. The molecule has 2 aromatic carbocycles. The van der Waals surface area contributed by atoms with E-state index in [1.165, 1.54) is 23.5 Å². The summed E-state index contributed by atoms with van der Waals surface area (Å²) in [5.41, 5.74) is 4.22. The quantitative estimate of drug-likeness (QED) is 0.0995. The van der Waals surface area contributed by atoms with E-state index in [0.717, 1.165) is 47.0 Å². The van der Waals surface area contributed by atoms with E-state index in [1.54, 1.807) is 13.8 Å². The molecule has 0 radical (unpaired) electrons. The van der Waals surface area contributed by atoms with Crippen LogP contribution in [0.3, 0.4) is 0 Å². The first-order valence-electron chi connectivity index (χ1n) is 14.0. The third-order valence-corrected chi connectivity index (χ3v) is 8.09. The molecule has 0 saturated heterocycles. The Balaban J connectivity index is 1.47. The molecule has 42 heavy (non-hydrogen) atoms. The number of ether oxygens (including phenoxy) is 2. The Labute approximate surface area is 254 Å². The Kier molecular flexibility index (Phi) is 11.6. The van der Waals surface area contributed by atoms with Gasteiger partial charge in [0.05, 0.1) is 24.7 Å². The molecule has 0 aliphatic heterocycles. The van der Waals surface area contributed by atoms with Crippen LogP contribution in [0.15, 0.2) is 58.8 Å². The number of hydrogen-bond donors (Lipinski definition) is 0. The number of carbonyl (C=O) groups is 2. The van der Waals surface area contributed by atoms with Crippen LogP contribution in [0.1, 0.15) is 49.5 Å². The average molecular weight is 609 g/mol. The third-order valence-electron chi connectivity index (χ3n) is 6.28. The van der Waals surface area contributed by atoms with Gasteiger partial charge >= 0.3 is 11.9 Å². The van der Waals surface area contributed by atoms with Crippen molar-refractivity contribution in [2.24, 2.45) is 0 Å². The third kappa shape index (κ3) is 8.45. The number of aryl methyl sites for hydroxylation is 4. The maximum atomic E-state index is 12.0. The Morgan fingerprint density at radius 1 is 0.643 bits per heavy atom. The molecule has 2 aromatic heterocycles. The highest BCUT2D eigenvalue weighted by Crippen LogP contribution is 2.26. The van der Waals surface area contributed by atoms with Crippen LogP contribution in [0, 0.1) is 13.8 Å². The fraction of sp³-hybridized carbons (Fsp3) is 0.400. The predicted octanol–water partition coefficient (Wildman–Crippen LogP) is 5.34. The van der Waals surface area contributed by atoms with Gasteiger partial charge in [-0.3, -0.25) is 18.7 Å². The molecule has 2 heterocycles. The van der Waals surface area contributed by atoms with Crippen LogP contribution in [0.4, 0.5) is 0 Å². The molecule has 222 valence electrons. The Bertz CT molecular complexity index is 1360. The van der Waals surface area contributed by atoms with Gasteiger partial charge in [0, 0.05) is 24.2 Å². The highest BCUT2D eigenvalue weighted by Gasteiger charge is 2.18. The highest BCUT2D eigenvalue weighted by atomic mass is 32.2. The lowest BCUT2D eigenvalue weighted by Crippen LogP contribution is -2.09. The summed E-state index contributed by atoms with van der Waals surface area (Å²) in [6, 6.07) is 16.4. The van der Waals surface area contributed by atoms with Gasteiger partial charge in [0.15, 0.2) is 10.3 Å². The molecule has 0 fully saturated rings. The molecule has 12 heteroatoms. The molecule has 0 bridgehead atoms. The Morgan fingerprint density at radius 2 is 1.02 bits per heavy atom. The van der Waals surface area contributed by atoms with E-state index in [0.29, 0.717) is 36.4 Å². The number of nitrogens with zero attached hydrogens (tertiary/aromatic N) is 6. The summed E-state index contributed by atoms with van der Waals surface area (Å²) in [5.74, 6) is 1.44. The smallest absolute Gasteiger partial charge is 0.316 e. The van der Waals surface area contributed by atoms with Crippen molar-refractivity contribution in [2.75, 3.05) is 24.7 Å². The van der Waals surface area contributed by atoms with Crippen LogP contribution < -0.4 is 0 Å². The molecule has 10 nitrogen and oxygen atoms in total. The standard InChI is InChI=1S/C30H36N6O4S2/c1-5-39-27(37)19-41-29-33-31-25(35(29)23-15-11-21(3)12-16-23)9-7-8-10-26-32-34-30(42-20-28(38)40-6-2)36(26)24-17-13-22(4)14-18-24/h11-18H,5-10,19-20H2,1-4H3. The minimum Gasteiger partial charge on any atom is -0.465 e. The lowest BCUT2D eigenvalue weighted by atomic mass is 10.1. The zero-order valence-electron chi connectivity index (χ0n) is 24.4. The molecular weight excluding hydrogens is 573 g/mol. The molecule has 0 amide bonds. The van der Waals surface area contributed by atoms with Crippen molar-refractivity contribution < 1.29 is 19.1 Å². The SMILES string of the molecule is CCOC(=O)CSc1nnc(CCCCc2nnc(SCC(=O)OCC)n2-c2ccc(C)cc2)n1-c1ccc(C)cc1. The topological polar surface area (TPSA) is 114 Å². The van der Waals surface area contributed by atoms with E-state index in [4.69, 9.17) is 9.47 Å². The van der Waals surface area contributed by atoms with Gasteiger partial charge in [0.25, 0.3) is 0 Å². The molecule has 0 saturated carbocycles. The molecule has 0 N–H and O–H groups in total. The lowest BCUT2D eigenvalue weighted by molar-refractivity contribution is -0.140.